The van der Waals surface area contributed by atoms with Crippen molar-refractivity contribution >= 4 is 29.4 Å². The number of carbonyl (C=O) groups excluding carboxylic acids is 1. The van der Waals surface area contributed by atoms with Crippen LogP contribution in [0.1, 0.15) is 10.4 Å². The van der Waals surface area contributed by atoms with Crippen molar-refractivity contribution in [1.82, 2.24) is 4.90 Å². The zero-order valence-corrected chi connectivity index (χ0v) is 10.9. The minimum atomic E-state index is 0.171. The second kappa shape index (κ2) is 5.64. The Labute approximate surface area is 105 Å². The third-order valence-corrected chi connectivity index (χ3v) is 4.67. The number of benzene rings is 1. The average molecular weight is 253 g/mol. The van der Waals surface area contributed by atoms with Crippen molar-refractivity contribution in [1.29, 1.82) is 0 Å². The van der Waals surface area contributed by atoms with Gasteiger partial charge in [-0.15, -0.1) is 11.8 Å². The normalized spacial score (nSPS) is 20.1. The molecule has 1 aromatic rings. The highest BCUT2D eigenvalue weighted by atomic mass is 32.2. The molecule has 0 saturated carbocycles. The van der Waals surface area contributed by atoms with Crippen molar-refractivity contribution in [2.45, 2.75) is 5.37 Å². The molecule has 0 N–H and O–H groups in total. The number of hydrogen-bond acceptors (Lipinski definition) is 3. The van der Waals surface area contributed by atoms with Gasteiger partial charge >= 0.3 is 0 Å². The molecule has 1 atom stereocenters. The maximum Gasteiger partial charge on any atom is 0.254 e. The molecule has 1 unspecified atom stereocenters. The second-order valence-corrected chi connectivity index (χ2v) is 5.84. The van der Waals surface area contributed by atoms with Crippen LogP contribution in [0.25, 0.3) is 0 Å². The second-order valence-electron chi connectivity index (χ2n) is 3.65. The fourth-order valence-electron chi connectivity index (χ4n) is 1.78. The Balaban J connectivity index is 2.09. The lowest BCUT2D eigenvalue weighted by Gasteiger charge is -2.23. The van der Waals surface area contributed by atoms with Gasteiger partial charge in [0.1, 0.15) is 0 Å². The lowest BCUT2D eigenvalue weighted by Crippen LogP contribution is -2.36. The van der Waals surface area contributed by atoms with Gasteiger partial charge in [-0.05, 0) is 18.4 Å². The van der Waals surface area contributed by atoms with Crippen LogP contribution in [0.15, 0.2) is 30.3 Å². The summed E-state index contributed by atoms with van der Waals surface area (Å²) >= 11 is 3.68. The first kappa shape index (κ1) is 11.9. The van der Waals surface area contributed by atoms with Gasteiger partial charge in [0.15, 0.2) is 0 Å². The highest BCUT2D eigenvalue weighted by Crippen LogP contribution is 2.27. The minimum absolute atomic E-state index is 0.171. The monoisotopic (exact) mass is 253 g/mol. The van der Waals surface area contributed by atoms with Crippen LogP contribution in [-0.2, 0) is 0 Å². The molecule has 0 aliphatic carbocycles. The third kappa shape index (κ3) is 2.55. The summed E-state index contributed by atoms with van der Waals surface area (Å²) in [5.41, 5.74) is 0.802. The SMILES string of the molecule is CSCC1SCCN1C(=O)c1ccccc1. The maximum atomic E-state index is 12.2. The molecule has 1 saturated heterocycles. The van der Waals surface area contributed by atoms with Gasteiger partial charge < -0.3 is 4.90 Å². The molecule has 2 nitrogen and oxygen atoms in total. The Hall–Kier alpha value is -0.610. The zero-order valence-electron chi connectivity index (χ0n) is 9.26. The van der Waals surface area contributed by atoms with Crippen LogP contribution in [0, 0.1) is 0 Å². The Morgan fingerprint density at radius 3 is 2.94 bits per heavy atom. The van der Waals surface area contributed by atoms with Gasteiger partial charge in [0.05, 0.1) is 5.37 Å². The summed E-state index contributed by atoms with van der Waals surface area (Å²) in [6.45, 7) is 0.879. The smallest absolute Gasteiger partial charge is 0.254 e. The van der Waals surface area contributed by atoms with Crippen LogP contribution >= 0.6 is 23.5 Å². The number of hydrogen-bond donors (Lipinski definition) is 0. The zero-order chi connectivity index (χ0) is 11.4. The van der Waals surface area contributed by atoms with E-state index in [1.807, 2.05) is 47.0 Å². The summed E-state index contributed by atoms with van der Waals surface area (Å²) in [6, 6.07) is 9.55. The average Bonchev–Trinajstić information content (AvgIpc) is 2.78. The molecule has 1 amide bonds. The molecule has 2 rings (SSSR count). The van der Waals surface area contributed by atoms with E-state index in [4.69, 9.17) is 0 Å². The number of rotatable bonds is 3. The fourth-order valence-corrected chi connectivity index (χ4v) is 3.99. The van der Waals surface area contributed by atoms with Crippen LogP contribution in [0.3, 0.4) is 0 Å². The molecule has 0 bridgehead atoms. The molecule has 86 valence electrons. The lowest BCUT2D eigenvalue weighted by atomic mass is 10.2. The molecule has 0 spiro atoms. The molecular weight excluding hydrogens is 238 g/mol. The molecule has 0 radical (unpaired) electrons. The van der Waals surface area contributed by atoms with Gasteiger partial charge in [-0.25, -0.2) is 0 Å². The summed E-state index contributed by atoms with van der Waals surface area (Å²) in [6.07, 6.45) is 2.09. The molecule has 16 heavy (non-hydrogen) atoms. The first-order valence-corrected chi connectivity index (χ1v) is 7.73. The summed E-state index contributed by atoms with van der Waals surface area (Å²) in [5, 5.41) is 0.350. The predicted octanol–water partition coefficient (Wildman–Crippen LogP) is 2.56. The first-order chi connectivity index (χ1) is 7.83. The first-order valence-electron chi connectivity index (χ1n) is 5.29. The molecule has 1 fully saturated rings. The molecule has 1 aliphatic heterocycles. The number of carbonyl (C=O) groups is 1. The van der Waals surface area contributed by atoms with Gasteiger partial charge in [0.2, 0.25) is 0 Å². The topological polar surface area (TPSA) is 20.3 Å². The summed E-state index contributed by atoms with van der Waals surface area (Å²) in [4.78, 5) is 14.2. The molecule has 1 heterocycles. The predicted molar refractivity (Wildman–Crippen MR) is 72.1 cm³/mol. The Morgan fingerprint density at radius 2 is 2.25 bits per heavy atom. The highest BCUT2D eigenvalue weighted by Gasteiger charge is 2.29. The van der Waals surface area contributed by atoms with E-state index in [1.165, 1.54) is 0 Å². The van der Waals surface area contributed by atoms with Gasteiger partial charge in [0.25, 0.3) is 5.91 Å². The van der Waals surface area contributed by atoms with Crippen LogP contribution in [0.5, 0.6) is 0 Å². The van der Waals surface area contributed by atoms with E-state index in [-0.39, 0.29) is 5.91 Å². The van der Waals surface area contributed by atoms with Gasteiger partial charge in [-0.3, -0.25) is 4.79 Å². The van der Waals surface area contributed by atoms with Crippen molar-refractivity contribution in [3.8, 4) is 0 Å². The van der Waals surface area contributed by atoms with E-state index in [0.29, 0.717) is 5.37 Å². The quantitative estimate of drug-likeness (QED) is 0.826. The van der Waals surface area contributed by atoms with E-state index < -0.39 is 0 Å². The van der Waals surface area contributed by atoms with Crippen molar-refractivity contribution in [2.75, 3.05) is 24.3 Å². The van der Waals surface area contributed by atoms with Crippen molar-refractivity contribution < 1.29 is 4.79 Å². The molecule has 4 heteroatoms. The molecule has 1 aliphatic rings. The van der Waals surface area contributed by atoms with Gasteiger partial charge in [-0.1, -0.05) is 18.2 Å². The number of amides is 1. The Morgan fingerprint density at radius 1 is 1.50 bits per heavy atom. The Bertz CT molecular complexity index is 355. The minimum Gasteiger partial charge on any atom is -0.325 e. The summed E-state index contributed by atoms with van der Waals surface area (Å²) in [7, 11) is 0. The van der Waals surface area contributed by atoms with Crippen molar-refractivity contribution in [2.24, 2.45) is 0 Å². The Kier molecular flexibility index (Phi) is 4.18. The van der Waals surface area contributed by atoms with E-state index in [9.17, 15) is 4.79 Å². The van der Waals surface area contributed by atoms with Crippen LogP contribution in [0.4, 0.5) is 0 Å². The van der Waals surface area contributed by atoms with Crippen LogP contribution in [0.2, 0.25) is 0 Å². The van der Waals surface area contributed by atoms with Crippen LogP contribution < -0.4 is 0 Å². The van der Waals surface area contributed by atoms with E-state index in [1.54, 1.807) is 11.8 Å². The van der Waals surface area contributed by atoms with Gasteiger partial charge in [0, 0.05) is 23.6 Å². The highest BCUT2D eigenvalue weighted by molar-refractivity contribution is 8.03. The standard InChI is InChI=1S/C12H15NOS2/c1-15-9-11-13(7-8-16-11)12(14)10-5-3-2-4-6-10/h2-6,11H,7-9H2,1H3. The fraction of sp³-hybridized carbons (Fsp3) is 0.417. The maximum absolute atomic E-state index is 12.2. The summed E-state index contributed by atoms with van der Waals surface area (Å²) in [5.74, 6) is 2.25. The van der Waals surface area contributed by atoms with E-state index in [2.05, 4.69) is 6.26 Å². The lowest BCUT2D eigenvalue weighted by molar-refractivity contribution is 0.0770. The number of nitrogens with zero attached hydrogens (tertiary/aromatic N) is 1. The molecular formula is C12H15NOS2. The van der Waals surface area contributed by atoms with E-state index >= 15 is 0 Å². The third-order valence-electron chi connectivity index (χ3n) is 2.58. The van der Waals surface area contributed by atoms with Gasteiger partial charge in [-0.2, -0.15) is 11.8 Å². The number of thioether (sulfide) groups is 2. The van der Waals surface area contributed by atoms with E-state index in [0.717, 1.165) is 23.6 Å². The summed E-state index contributed by atoms with van der Waals surface area (Å²) < 4.78 is 0. The largest absolute Gasteiger partial charge is 0.325 e. The van der Waals surface area contributed by atoms with Crippen LogP contribution in [-0.4, -0.2) is 40.5 Å². The van der Waals surface area contributed by atoms with Crippen molar-refractivity contribution in [3.05, 3.63) is 35.9 Å². The molecule has 0 aromatic heterocycles. The molecule has 1 aromatic carbocycles. The van der Waals surface area contributed by atoms with Crippen molar-refractivity contribution in [3.63, 3.8) is 0 Å².